The van der Waals surface area contributed by atoms with Crippen molar-refractivity contribution in [3.8, 4) is 0 Å². The van der Waals surface area contributed by atoms with Crippen LogP contribution in [0.25, 0.3) is 11.0 Å². The van der Waals surface area contributed by atoms with Crippen molar-refractivity contribution in [1.82, 2.24) is 9.97 Å². The first-order valence-electron chi connectivity index (χ1n) is 5.64. The molecule has 0 aliphatic carbocycles. The number of aromatic nitrogens is 2. The first kappa shape index (κ1) is 14.5. The number of nitrogens with zero attached hydrogens (tertiary/aromatic N) is 2. The summed E-state index contributed by atoms with van der Waals surface area (Å²) < 4.78 is 36.0. The number of fused-ring (bicyclic) bond motifs is 1. The lowest BCUT2D eigenvalue weighted by Gasteiger charge is -2.08. The maximum absolute atomic E-state index is 12.0. The number of anilines is 1. The number of benzene rings is 1. The molecule has 1 aromatic carbocycles. The lowest BCUT2D eigenvalue weighted by molar-refractivity contribution is -0.142. The molecular weight excluding hydrogens is 295 g/mol. The fourth-order valence-electron chi connectivity index (χ4n) is 1.51. The van der Waals surface area contributed by atoms with Crippen LogP contribution in [0.3, 0.4) is 0 Å². The van der Waals surface area contributed by atoms with E-state index in [0.717, 1.165) is 0 Å². The van der Waals surface area contributed by atoms with Gasteiger partial charge in [0.05, 0.1) is 17.5 Å². The lowest BCUT2D eigenvalue weighted by atomic mass is 10.3. The van der Waals surface area contributed by atoms with Crippen LogP contribution in [0.15, 0.2) is 24.3 Å². The number of amides is 1. The highest BCUT2D eigenvalue weighted by atomic mass is 35.5. The highest BCUT2D eigenvalue weighted by molar-refractivity contribution is 6.32. The van der Waals surface area contributed by atoms with Crippen molar-refractivity contribution in [3.63, 3.8) is 0 Å². The van der Waals surface area contributed by atoms with E-state index in [2.05, 4.69) is 15.3 Å². The molecule has 8 heteroatoms. The summed E-state index contributed by atoms with van der Waals surface area (Å²) in [7, 11) is 0. The van der Waals surface area contributed by atoms with Gasteiger partial charge in [0.25, 0.3) is 0 Å². The zero-order valence-corrected chi connectivity index (χ0v) is 10.8. The molecule has 0 spiro atoms. The van der Waals surface area contributed by atoms with Crippen molar-refractivity contribution in [2.45, 2.75) is 19.0 Å². The molecule has 1 heterocycles. The van der Waals surface area contributed by atoms with Gasteiger partial charge in [0.15, 0.2) is 11.0 Å². The van der Waals surface area contributed by atoms with Crippen molar-refractivity contribution >= 4 is 34.4 Å². The van der Waals surface area contributed by atoms with E-state index < -0.39 is 24.9 Å². The molecule has 0 saturated carbocycles. The predicted molar refractivity (Wildman–Crippen MR) is 68.5 cm³/mol. The highest BCUT2D eigenvalue weighted by Crippen LogP contribution is 2.23. The number of hydrogen-bond donors (Lipinski definition) is 1. The maximum Gasteiger partial charge on any atom is 0.389 e. The van der Waals surface area contributed by atoms with E-state index in [9.17, 15) is 18.0 Å². The van der Waals surface area contributed by atoms with Gasteiger partial charge in [0.1, 0.15) is 0 Å². The molecule has 0 fully saturated rings. The molecule has 0 aliphatic rings. The number of alkyl halides is 3. The number of para-hydroxylation sites is 2. The van der Waals surface area contributed by atoms with Gasteiger partial charge in [0, 0.05) is 6.42 Å². The molecule has 2 rings (SSSR count). The Hall–Kier alpha value is -1.89. The van der Waals surface area contributed by atoms with Crippen LogP contribution in [0.2, 0.25) is 5.15 Å². The van der Waals surface area contributed by atoms with Crippen molar-refractivity contribution in [2.75, 3.05) is 5.32 Å². The lowest BCUT2D eigenvalue weighted by Crippen LogP contribution is -2.17. The maximum atomic E-state index is 12.0. The Morgan fingerprint density at radius 3 is 2.40 bits per heavy atom. The average molecular weight is 304 g/mol. The fourth-order valence-corrected chi connectivity index (χ4v) is 1.69. The van der Waals surface area contributed by atoms with Crippen LogP contribution >= 0.6 is 11.6 Å². The number of nitrogens with one attached hydrogen (secondary N) is 1. The Bertz CT molecular complexity index is 645. The van der Waals surface area contributed by atoms with Crippen molar-refractivity contribution < 1.29 is 18.0 Å². The first-order chi connectivity index (χ1) is 9.35. The van der Waals surface area contributed by atoms with Gasteiger partial charge in [-0.3, -0.25) is 4.79 Å². The van der Waals surface area contributed by atoms with Gasteiger partial charge < -0.3 is 5.32 Å². The Balaban J connectivity index is 2.13. The van der Waals surface area contributed by atoms with E-state index in [4.69, 9.17) is 11.6 Å². The topological polar surface area (TPSA) is 54.9 Å². The summed E-state index contributed by atoms with van der Waals surface area (Å²) in [6, 6.07) is 6.81. The third-order valence-corrected chi connectivity index (χ3v) is 2.68. The molecule has 1 aromatic heterocycles. The molecule has 2 aromatic rings. The van der Waals surface area contributed by atoms with Crippen LogP contribution in [0, 0.1) is 0 Å². The second-order valence-corrected chi connectivity index (χ2v) is 4.37. The zero-order chi connectivity index (χ0) is 14.8. The second kappa shape index (κ2) is 5.62. The molecule has 0 atom stereocenters. The van der Waals surface area contributed by atoms with Crippen LogP contribution in [0.5, 0.6) is 0 Å². The van der Waals surface area contributed by atoms with E-state index in [1.54, 1.807) is 24.3 Å². The summed E-state index contributed by atoms with van der Waals surface area (Å²) in [6.45, 7) is 0. The van der Waals surface area contributed by atoms with Crippen molar-refractivity contribution in [3.05, 3.63) is 29.4 Å². The molecule has 0 radical (unpaired) electrons. The average Bonchev–Trinajstić information content (AvgIpc) is 2.36. The first-order valence-corrected chi connectivity index (χ1v) is 6.02. The monoisotopic (exact) mass is 303 g/mol. The van der Waals surface area contributed by atoms with E-state index in [-0.39, 0.29) is 11.0 Å². The van der Waals surface area contributed by atoms with Gasteiger partial charge in [-0.15, -0.1) is 0 Å². The van der Waals surface area contributed by atoms with Gasteiger partial charge in [0.2, 0.25) is 5.91 Å². The van der Waals surface area contributed by atoms with E-state index in [1.165, 1.54) is 0 Å². The molecule has 0 saturated heterocycles. The Morgan fingerprint density at radius 2 is 1.80 bits per heavy atom. The normalized spacial score (nSPS) is 11.6. The zero-order valence-electron chi connectivity index (χ0n) is 10.0. The van der Waals surface area contributed by atoms with Crippen molar-refractivity contribution in [1.29, 1.82) is 0 Å². The molecule has 20 heavy (non-hydrogen) atoms. The van der Waals surface area contributed by atoms with Gasteiger partial charge in [-0.2, -0.15) is 13.2 Å². The largest absolute Gasteiger partial charge is 0.389 e. The van der Waals surface area contributed by atoms with Gasteiger partial charge in [-0.1, -0.05) is 23.7 Å². The standard InChI is InChI=1S/C12H9ClF3N3O/c13-10-11(19-9(20)5-6-12(14,15)16)18-8-4-2-1-3-7(8)17-10/h1-4H,5-6H2,(H,18,19,20). The Morgan fingerprint density at radius 1 is 1.20 bits per heavy atom. The van der Waals surface area contributed by atoms with E-state index in [1.807, 2.05) is 0 Å². The van der Waals surface area contributed by atoms with Gasteiger partial charge in [-0.25, -0.2) is 9.97 Å². The molecule has 106 valence electrons. The molecule has 0 aliphatic heterocycles. The summed E-state index contributed by atoms with van der Waals surface area (Å²) in [6.07, 6.45) is -6.26. The Labute approximate surface area is 117 Å². The fraction of sp³-hybridized carbons (Fsp3) is 0.250. The minimum atomic E-state index is -4.38. The minimum absolute atomic E-state index is 0.0439. The summed E-state index contributed by atoms with van der Waals surface area (Å²) in [5.41, 5.74) is 1.02. The van der Waals surface area contributed by atoms with Gasteiger partial charge >= 0.3 is 6.18 Å². The minimum Gasteiger partial charge on any atom is -0.308 e. The van der Waals surface area contributed by atoms with Crippen molar-refractivity contribution in [2.24, 2.45) is 0 Å². The molecular formula is C12H9ClF3N3O. The number of halogens is 4. The summed E-state index contributed by atoms with van der Waals surface area (Å²) in [5, 5.41) is 2.16. The third-order valence-electron chi connectivity index (χ3n) is 2.42. The molecule has 1 N–H and O–H groups in total. The molecule has 0 bridgehead atoms. The van der Waals surface area contributed by atoms with E-state index >= 15 is 0 Å². The highest BCUT2D eigenvalue weighted by Gasteiger charge is 2.28. The smallest absolute Gasteiger partial charge is 0.308 e. The van der Waals surface area contributed by atoms with Crippen LogP contribution < -0.4 is 5.32 Å². The summed E-state index contributed by atoms with van der Waals surface area (Å²) in [4.78, 5) is 19.5. The quantitative estimate of drug-likeness (QED) is 0.943. The van der Waals surface area contributed by atoms with Crippen LogP contribution in [-0.2, 0) is 4.79 Å². The van der Waals surface area contributed by atoms with Gasteiger partial charge in [-0.05, 0) is 12.1 Å². The Kier molecular flexibility index (Phi) is 4.08. The summed E-state index contributed by atoms with van der Waals surface area (Å²) >= 11 is 5.83. The molecule has 0 unspecified atom stereocenters. The van der Waals surface area contributed by atoms with E-state index in [0.29, 0.717) is 11.0 Å². The third kappa shape index (κ3) is 3.80. The van der Waals surface area contributed by atoms with Crippen LogP contribution in [0.1, 0.15) is 12.8 Å². The number of carbonyl (C=O) groups excluding carboxylic acids is 1. The number of hydrogen-bond acceptors (Lipinski definition) is 3. The van der Waals surface area contributed by atoms with Crippen LogP contribution in [-0.4, -0.2) is 22.1 Å². The molecule has 4 nitrogen and oxygen atoms in total. The summed E-state index contributed by atoms with van der Waals surface area (Å²) in [5.74, 6) is -0.855. The predicted octanol–water partition coefficient (Wildman–Crippen LogP) is 3.56. The SMILES string of the molecule is O=C(CCC(F)(F)F)Nc1nc2ccccc2nc1Cl. The number of carbonyl (C=O) groups is 1. The molecule has 1 amide bonds. The second-order valence-electron chi connectivity index (χ2n) is 4.02. The van der Waals surface area contributed by atoms with Crippen LogP contribution in [0.4, 0.5) is 19.0 Å². The number of rotatable bonds is 3.